The fourth-order valence-electron chi connectivity index (χ4n) is 3.71. The molecule has 1 saturated heterocycles. The topological polar surface area (TPSA) is 38.5 Å². The van der Waals surface area contributed by atoms with E-state index in [9.17, 15) is 0 Å². The van der Waals surface area contributed by atoms with Crippen LogP contribution in [0.4, 0.5) is 0 Å². The Morgan fingerprint density at radius 2 is 2.15 bits per heavy atom. The molecule has 1 aromatic rings. The molecule has 3 nitrogen and oxygen atoms in total. The normalized spacial score (nSPS) is 26.9. The minimum atomic E-state index is 0.636. The van der Waals surface area contributed by atoms with Gasteiger partial charge >= 0.3 is 0 Å². The van der Waals surface area contributed by atoms with Crippen LogP contribution in [0.3, 0.4) is 0 Å². The number of benzene rings is 1. The third-order valence-corrected chi connectivity index (χ3v) is 4.74. The van der Waals surface area contributed by atoms with Gasteiger partial charge in [0.1, 0.15) is 5.75 Å². The molecule has 3 rings (SSSR count). The third kappa shape index (κ3) is 3.15. The summed E-state index contributed by atoms with van der Waals surface area (Å²) in [5.74, 6) is 2.54. The molecule has 1 fully saturated rings. The van der Waals surface area contributed by atoms with Crippen molar-refractivity contribution in [3.05, 3.63) is 29.8 Å². The molecule has 110 valence electrons. The van der Waals surface area contributed by atoms with Crippen LogP contribution < -0.4 is 10.5 Å². The van der Waals surface area contributed by atoms with Crippen LogP contribution in [0.2, 0.25) is 0 Å². The van der Waals surface area contributed by atoms with Gasteiger partial charge < -0.3 is 15.4 Å². The van der Waals surface area contributed by atoms with Crippen molar-refractivity contribution in [2.45, 2.75) is 31.6 Å². The van der Waals surface area contributed by atoms with Crippen LogP contribution in [0.25, 0.3) is 0 Å². The van der Waals surface area contributed by atoms with Gasteiger partial charge in [-0.2, -0.15) is 0 Å². The Kier molecular flexibility index (Phi) is 4.58. The van der Waals surface area contributed by atoms with Crippen LogP contribution in [0, 0.1) is 5.92 Å². The molecule has 0 bridgehead atoms. The van der Waals surface area contributed by atoms with E-state index in [4.69, 9.17) is 10.5 Å². The Balaban J connectivity index is 1.63. The molecule has 2 heterocycles. The molecule has 0 amide bonds. The number of piperidine rings is 1. The van der Waals surface area contributed by atoms with E-state index >= 15 is 0 Å². The molecule has 2 unspecified atom stereocenters. The first-order valence-electron chi connectivity index (χ1n) is 8.01. The monoisotopic (exact) mass is 274 g/mol. The van der Waals surface area contributed by atoms with E-state index in [0.29, 0.717) is 5.92 Å². The highest BCUT2D eigenvalue weighted by Gasteiger charge is 2.26. The second-order valence-electron chi connectivity index (χ2n) is 6.22. The number of rotatable bonds is 4. The summed E-state index contributed by atoms with van der Waals surface area (Å²) < 4.78 is 5.77. The molecule has 3 heteroatoms. The lowest BCUT2D eigenvalue weighted by atomic mass is 9.90. The first-order chi connectivity index (χ1) is 9.86. The third-order valence-electron chi connectivity index (χ3n) is 4.74. The minimum Gasteiger partial charge on any atom is -0.493 e. The van der Waals surface area contributed by atoms with E-state index < -0.39 is 0 Å². The fourth-order valence-corrected chi connectivity index (χ4v) is 3.71. The molecule has 0 aromatic heterocycles. The minimum absolute atomic E-state index is 0.636. The number of likely N-dealkylation sites (tertiary alicyclic amines) is 1. The van der Waals surface area contributed by atoms with Crippen molar-refractivity contribution < 1.29 is 4.74 Å². The zero-order valence-corrected chi connectivity index (χ0v) is 12.3. The summed E-state index contributed by atoms with van der Waals surface area (Å²) in [6.07, 6.45) is 5.02. The summed E-state index contributed by atoms with van der Waals surface area (Å²) in [5, 5.41) is 0. The zero-order valence-electron chi connectivity index (χ0n) is 12.3. The Labute approximate surface area is 122 Å². The van der Waals surface area contributed by atoms with Crippen molar-refractivity contribution in [2.75, 3.05) is 32.8 Å². The van der Waals surface area contributed by atoms with Gasteiger partial charge in [-0.1, -0.05) is 18.2 Å². The quantitative estimate of drug-likeness (QED) is 0.917. The molecule has 2 N–H and O–H groups in total. The van der Waals surface area contributed by atoms with Crippen LogP contribution in [-0.2, 0) is 0 Å². The van der Waals surface area contributed by atoms with Crippen molar-refractivity contribution in [1.29, 1.82) is 0 Å². The second kappa shape index (κ2) is 6.59. The van der Waals surface area contributed by atoms with E-state index in [1.807, 2.05) is 0 Å². The van der Waals surface area contributed by atoms with Gasteiger partial charge in [0.2, 0.25) is 0 Å². The molecule has 20 heavy (non-hydrogen) atoms. The predicted molar refractivity (Wildman–Crippen MR) is 82.1 cm³/mol. The zero-order chi connectivity index (χ0) is 13.8. The summed E-state index contributed by atoms with van der Waals surface area (Å²) in [4.78, 5) is 2.65. The smallest absolute Gasteiger partial charge is 0.122 e. The van der Waals surface area contributed by atoms with Crippen LogP contribution in [-0.4, -0.2) is 37.7 Å². The van der Waals surface area contributed by atoms with E-state index in [-0.39, 0.29) is 0 Å². The average molecular weight is 274 g/mol. The van der Waals surface area contributed by atoms with Gasteiger partial charge in [-0.05, 0) is 56.3 Å². The van der Waals surface area contributed by atoms with Crippen molar-refractivity contribution in [3.63, 3.8) is 0 Å². The average Bonchev–Trinajstić information content (AvgIpc) is 2.48. The lowest BCUT2D eigenvalue weighted by molar-refractivity contribution is 0.148. The predicted octanol–water partition coefficient (Wildman–Crippen LogP) is 2.61. The van der Waals surface area contributed by atoms with Crippen LogP contribution in [0.5, 0.6) is 5.75 Å². The maximum atomic E-state index is 5.77. The van der Waals surface area contributed by atoms with Gasteiger partial charge in [-0.15, -0.1) is 0 Å². The van der Waals surface area contributed by atoms with Crippen LogP contribution in [0.15, 0.2) is 24.3 Å². The molecule has 0 radical (unpaired) electrons. The Morgan fingerprint density at radius 3 is 3.05 bits per heavy atom. The van der Waals surface area contributed by atoms with Crippen molar-refractivity contribution in [3.8, 4) is 5.75 Å². The Morgan fingerprint density at radius 1 is 1.25 bits per heavy atom. The van der Waals surface area contributed by atoms with Gasteiger partial charge in [0.05, 0.1) is 6.61 Å². The molecule has 0 aliphatic carbocycles. The fraction of sp³-hybridized carbons (Fsp3) is 0.647. The van der Waals surface area contributed by atoms with E-state index in [1.54, 1.807) is 0 Å². The number of para-hydroxylation sites is 1. The Hall–Kier alpha value is -1.06. The van der Waals surface area contributed by atoms with E-state index in [1.165, 1.54) is 44.5 Å². The lowest BCUT2D eigenvalue weighted by Gasteiger charge is -2.36. The SMILES string of the molecule is NCCC1CCCN(CC2CCOc3ccccc32)C1. The number of hydrogen-bond donors (Lipinski definition) is 1. The lowest BCUT2D eigenvalue weighted by Crippen LogP contribution is -2.39. The molecular formula is C17H26N2O. The highest BCUT2D eigenvalue weighted by atomic mass is 16.5. The largest absolute Gasteiger partial charge is 0.493 e. The number of ether oxygens (including phenoxy) is 1. The first-order valence-corrected chi connectivity index (χ1v) is 8.01. The van der Waals surface area contributed by atoms with Crippen molar-refractivity contribution >= 4 is 0 Å². The molecular weight excluding hydrogens is 248 g/mol. The number of nitrogens with zero attached hydrogens (tertiary/aromatic N) is 1. The standard InChI is InChI=1S/C17H26N2O/c18-9-7-14-4-3-10-19(12-14)13-15-8-11-20-17-6-2-1-5-16(15)17/h1-2,5-6,14-15H,3-4,7-13,18H2. The summed E-state index contributed by atoms with van der Waals surface area (Å²) in [7, 11) is 0. The molecule has 2 aliphatic heterocycles. The summed E-state index contributed by atoms with van der Waals surface area (Å²) >= 11 is 0. The Bertz CT molecular complexity index is 433. The van der Waals surface area contributed by atoms with Gasteiger partial charge in [0, 0.05) is 19.0 Å². The summed E-state index contributed by atoms with van der Waals surface area (Å²) in [6, 6.07) is 8.54. The number of hydrogen-bond acceptors (Lipinski definition) is 3. The molecule has 1 aromatic carbocycles. The van der Waals surface area contributed by atoms with Gasteiger partial charge in [0.15, 0.2) is 0 Å². The van der Waals surface area contributed by atoms with Crippen LogP contribution >= 0.6 is 0 Å². The number of nitrogens with two attached hydrogens (primary N) is 1. The van der Waals surface area contributed by atoms with Crippen molar-refractivity contribution in [2.24, 2.45) is 11.7 Å². The molecule has 0 saturated carbocycles. The maximum absolute atomic E-state index is 5.77. The van der Waals surface area contributed by atoms with Crippen molar-refractivity contribution in [1.82, 2.24) is 4.90 Å². The van der Waals surface area contributed by atoms with E-state index in [2.05, 4.69) is 29.2 Å². The highest BCUT2D eigenvalue weighted by molar-refractivity contribution is 5.37. The maximum Gasteiger partial charge on any atom is 0.122 e. The van der Waals surface area contributed by atoms with Gasteiger partial charge in [-0.3, -0.25) is 0 Å². The number of fused-ring (bicyclic) bond motifs is 1. The van der Waals surface area contributed by atoms with Gasteiger partial charge in [0.25, 0.3) is 0 Å². The second-order valence-corrected chi connectivity index (χ2v) is 6.22. The van der Waals surface area contributed by atoms with E-state index in [0.717, 1.165) is 31.2 Å². The van der Waals surface area contributed by atoms with Gasteiger partial charge in [-0.25, -0.2) is 0 Å². The summed E-state index contributed by atoms with van der Waals surface area (Å²) in [5.41, 5.74) is 7.12. The summed E-state index contributed by atoms with van der Waals surface area (Å²) in [6.45, 7) is 5.36. The molecule has 2 aliphatic rings. The van der Waals surface area contributed by atoms with Crippen LogP contribution in [0.1, 0.15) is 37.2 Å². The highest BCUT2D eigenvalue weighted by Crippen LogP contribution is 2.34. The molecule has 2 atom stereocenters. The molecule has 0 spiro atoms. The first kappa shape index (κ1) is 13.9.